The number of benzene rings is 10. The van der Waals surface area contributed by atoms with Crippen LogP contribution in [0.25, 0.3) is 94.7 Å². The summed E-state index contributed by atoms with van der Waals surface area (Å²) in [5.74, 6) is -1.67. The lowest BCUT2D eigenvalue weighted by Gasteiger charge is -2.34. The minimum Gasteiger partial charge on any atom is -0.456 e. The average molecular weight is 922 g/mol. The molecule has 69 heavy (non-hydrogen) atoms. The van der Waals surface area contributed by atoms with Crippen LogP contribution in [0.15, 0.2) is 259 Å². The lowest BCUT2D eigenvalue weighted by Crippen LogP contribution is -2.74. The number of hydrogen-bond acceptors (Lipinski definition) is 4. The highest BCUT2D eigenvalue weighted by atomic mass is 28.3. The molecule has 6 heteroatoms. The van der Waals surface area contributed by atoms with E-state index in [-0.39, 0.29) is 22.2 Å². The van der Waals surface area contributed by atoms with Gasteiger partial charge in [-0.25, -0.2) is 15.0 Å². The number of furan rings is 1. The van der Waals surface area contributed by atoms with Crippen molar-refractivity contribution >= 4 is 72.6 Å². The number of fused-ring (bicyclic) bond motifs is 6. The van der Waals surface area contributed by atoms with E-state index >= 15 is 0 Å². The molecule has 0 aliphatic rings. The summed E-state index contributed by atoms with van der Waals surface area (Å²) in [4.78, 5) is 14.4. The van der Waals surface area contributed by atoms with Crippen molar-refractivity contribution < 1.29 is 35.9 Å². The average Bonchev–Trinajstić information content (AvgIpc) is 1.50. The predicted octanol–water partition coefficient (Wildman–Crippen LogP) is 12.9. The van der Waals surface area contributed by atoms with Crippen LogP contribution in [0.2, 0.25) is 0 Å². The number of nitrogens with zero attached hydrogens (tertiary/aromatic N) is 4. The summed E-state index contributed by atoms with van der Waals surface area (Å²) in [6.45, 7) is 0. The van der Waals surface area contributed by atoms with E-state index in [1.54, 1.807) is 12.1 Å². The Hall–Kier alpha value is -8.97. The van der Waals surface area contributed by atoms with Crippen LogP contribution >= 0.6 is 0 Å². The van der Waals surface area contributed by atoms with Gasteiger partial charge in [0.1, 0.15) is 11.2 Å². The van der Waals surface area contributed by atoms with Crippen LogP contribution in [-0.4, -0.2) is 27.6 Å². The van der Waals surface area contributed by atoms with Crippen molar-refractivity contribution in [3.05, 3.63) is 254 Å². The first-order valence-electron chi connectivity index (χ1n) is 33.0. The van der Waals surface area contributed by atoms with Crippen LogP contribution in [0.5, 0.6) is 0 Å². The molecule has 0 fully saturated rings. The van der Waals surface area contributed by atoms with Gasteiger partial charge < -0.3 is 8.98 Å². The molecule has 5 nitrogen and oxygen atoms in total. The number of para-hydroxylation sites is 4. The third-order valence-corrected chi connectivity index (χ3v) is 16.8. The van der Waals surface area contributed by atoms with Gasteiger partial charge in [0.2, 0.25) is 0 Å². The molecule has 13 rings (SSSR count). The minimum atomic E-state index is -3.23. The van der Waals surface area contributed by atoms with Crippen molar-refractivity contribution in [2.45, 2.75) is 0 Å². The molecule has 10 aromatic carbocycles. The van der Waals surface area contributed by atoms with Gasteiger partial charge in [-0.1, -0.05) is 206 Å². The molecule has 0 N–H and O–H groups in total. The van der Waals surface area contributed by atoms with Crippen molar-refractivity contribution in [3.8, 4) is 51.0 Å². The fourth-order valence-electron chi connectivity index (χ4n) is 8.95. The van der Waals surface area contributed by atoms with Crippen LogP contribution in [0.3, 0.4) is 0 Å². The first-order chi connectivity index (χ1) is 43.8. The van der Waals surface area contributed by atoms with Crippen molar-refractivity contribution in [2.75, 3.05) is 0 Å². The Morgan fingerprint density at radius 3 is 1.51 bits per heavy atom. The summed E-state index contributed by atoms with van der Waals surface area (Å²) in [5, 5.41) is 2.39. The highest BCUT2D eigenvalue weighted by molar-refractivity contribution is 7.19. The van der Waals surface area contributed by atoms with Crippen LogP contribution in [-0.2, 0) is 0 Å². The molecule has 0 saturated carbocycles. The van der Waals surface area contributed by atoms with Crippen LogP contribution in [0.1, 0.15) is 31.5 Å². The normalized spacial score (nSPS) is 16.4. The van der Waals surface area contributed by atoms with Crippen molar-refractivity contribution in [2.24, 2.45) is 0 Å². The van der Waals surface area contributed by atoms with E-state index in [1.807, 2.05) is 66.7 Å². The van der Waals surface area contributed by atoms with Crippen molar-refractivity contribution in [1.29, 1.82) is 0 Å². The Labute approximate surface area is 432 Å². The molecule has 0 atom stereocenters. The molecule has 3 aromatic heterocycles. The molecule has 0 unspecified atom stereocenters. The molecule has 0 aliphatic carbocycles. The molecule has 0 amide bonds. The molecule has 13 aromatic rings. The molecule has 0 saturated heterocycles. The molecule has 3 heterocycles. The van der Waals surface area contributed by atoms with E-state index in [1.165, 1.54) is 0 Å². The van der Waals surface area contributed by atoms with Crippen LogP contribution in [0.4, 0.5) is 0 Å². The largest absolute Gasteiger partial charge is 0.456 e. The third-order valence-electron chi connectivity index (χ3n) is 12.0. The summed E-state index contributed by atoms with van der Waals surface area (Å²) in [7, 11) is -3.23. The smallest absolute Gasteiger partial charge is 0.179 e. The number of hydrogen-bond donors (Lipinski definition) is 0. The van der Waals surface area contributed by atoms with Gasteiger partial charge in [0.05, 0.1) is 48.2 Å². The Bertz CT molecular complexity index is 5210. The van der Waals surface area contributed by atoms with E-state index < -0.39 is 220 Å². The van der Waals surface area contributed by atoms with Gasteiger partial charge in [0.15, 0.2) is 25.5 Å². The van der Waals surface area contributed by atoms with Gasteiger partial charge in [0.25, 0.3) is 0 Å². The number of aromatic nitrogens is 4. The minimum absolute atomic E-state index is 0.185. The summed E-state index contributed by atoms with van der Waals surface area (Å²) in [5.41, 5.74) is -5.22. The first-order valence-corrected chi connectivity index (χ1v) is 23.5. The fraction of sp³-hybridized carbons (Fsp3) is 0. The summed E-state index contributed by atoms with van der Waals surface area (Å²) < 4.78 is 217. The lowest BCUT2D eigenvalue weighted by atomic mass is 10.0. The van der Waals surface area contributed by atoms with E-state index in [0.29, 0.717) is 0 Å². The predicted molar refractivity (Wildman–Crippen MR) is 287 cm³/mol. The Morgan fingerprint density at radius 2 is 0.855 bits per heavy atom. The summed E-state index contributed by atoms with van der Waals surface area (Å²) in [6.07, 6.45) is 0. The SMILES string of the molecule is [2H]c1c([2H])c(-c2nc(-c3ccc([Si](c4ccccc4)(c4ccccc4)c4ccccc4)cc3)nc(-c3c([2H])c([2H])c([2H])c([2H])c3-n3c4c([2H])c([2H])c([2H])c([2H])c4c4c([2H])c([2H])c([2H])c([2H])c43)n2)c([2H])c(-c2c([2H])c([2H])c3c(oc4c([2H])c([2H])c([2H])c([2H])c43)c2[2H])c1[2H]. The molecule has 0 aliphatic heterocycles. The quantitative estimate of drug-likeness (QED) is 0.107. The van der Waals surface area contributed by atoms with Gasteiger partial charge in [-0.2, -0.15) is 0 Å². The Kier molecular flexibility index (Phi) is 5.61. The zero-order valence-corrected chi connectivity index (χ0v) is 36.7. The second kappa shape index (κ2) is 16.7. The van der Waals surface area contributed by atoms with Gasteiger partial charge in [-0.3, -0.25) is 0 Å². The maximum absolute atomic E-state index is 9.98. The lowest BCUT2D eigenvalue weighted by molar-refractivity contribution is 0.669. The molecule has 0 bridgehead atoms. The highest BCUT2D eigenvalue weighted by Gasteiger charge is 2.41. The second-order valence-electron chi connectivity index (χ2n) is 15.7. The summed E-state index contributed by atoms with van der Waals surface area (Å²) in [6, 6.07) is 18.3. The fourth-order valence-corrected chi connectivity index (χ4v) is 13.7. The molecular weight excluding hydrogens is 857 g/mol. The molecular formula is C63H42N4OSi. The molecule has 324 valence electrons. The van der Waals surface area contributed by atoms with E-state index in [4.69, 9.17) is 35.8 Å². The monoisotopic (exact) mass is 921 g/mol. The topological polar surface area (TPSA) is 56.7 Å². The van der Waals surface area contributed by atoms with Gasteiger partial charge in [0, 0.05) is 38.2 Å². The zero-order chi connectivity index (χ0) is 65.7. The van der Waals surface area contributed by atoms with Gasteiger partial charge >= 0.3 is 0 Å². The number of rotatable bonds is 9. The third kappa shape index (κ3) is 6.80. The van der Waals surface area contributed by atoms with Gasteiger partial charge in [-0.15, -0.1) is 0 Å². The zero-order valence-electron chi connectivity index (χ0n) is 58.7. The Balaban J connectivity index is 1.15. The maximum atomic E-state index is 9.98. The standard InChI is InChI=1S/C63H42N4OSi/c1-4-21-47(22-5-1)69(48-23-6-2-7-24-48,49-25-8-3-9-26-49)50-38-35-43(36-39-50)61-64-62(46-20-18-19-44(41-46)45-37-40-54-53-29-13-17-34-59(53)68-60(54)42-45)66-63(65-61)55-30-12-16-33-58(55)67-56-31-14-10-27-51(56)52-28-11-15-32-57(52)67/h1-42H/i10D,11D,12D,13D,14D,15D,16D,17D,18D,19D,20D,27D,28D,29D,30D,31D,32D,33D,34D,37D,40D,41D,42D. The Morgan fingerprint density at radius 1 is 0.362 bits per heavy atom. The van der Waals surface area contributed by atoms with Crippen molar-refractivity contribution in [1.82, 2.24) is 19.5 Å². The van der Waals surface area contributed by atoms with E-state index in [0.717, 1.165) is 25.3 Å². The molecule has 0 spiro atoms. The second-order valence-corrected chi connectivity index (χ2v) is 19.6. The summed E-state index contributed by atoms with van der Waals surface area (Å²) >= 11 is 0. The van der Waals surface area contributed by atoms with E-state index in [9.17, 15) is 15.1 Å². The maximum Gasteiger partial charge on any atom is 0.179 e. The van der Waals surface area contributed by atoms with Crippen LogP contribution < -0.4 is 20.7 Å². The highest BCUT2D eigenvalue weighted by Crippen LogP contribution is 2.37. The van der Waals surface area contributed by atoms with Crippen molar-refractivity contribution in [3.63, 3.8) is 0 Å². The first kappa shape index (κ1) is 23.2. The van der Waals surface area contributed by atoms with Gasteiger partial charge in [-0.05, 0) is 80.2 Å². The molecule has 0 radical (unpaired) electrons. The van der Waals surface area contributed by atoms with Crippen LogP contribution in [0, 0.1) is 0 Å². The van der Waals surface area contributed by atoms with E-state index in [2.05, 4.69) is 36.4 Å².